The molecule has 2 N–H and O–H groups in total. The molecule has 26 heavy (non-hydrogen) atoms. The highest BCUT2D eigenvalue weighted by Gasteiger charge is 2.13. The molecule has 7 nitrogen and oxygen atoms in total. The van der Waals surface area contributed by atoms with Crippen molar-refractivity contribution in [1.82, 2.24) is 25.1 Å². The highest BCUT2D eigenvalue weighted by atomic mass is 16.3. The number of hydrogen-bond donors (Lipinski definition) is 2. The molecule has 0 bridgehead atoms. The Morgan fingerprint density at radius 3 is 2.88 bits per heavy atom. The number of imidazole rings is 1. The van der Waals surface area contributed by atoms with E-state index in [1.807, 2.05) is 50.2 Å². The molecule has 4 aromatic rings. The zero-order chi connectivity index (χ0) is 18.1. The molecule has 0 atom stereocenters. The molecule has 132 valence electrons. The van der Waals surface area contributed by atoms with Gasteiger partial charge >= 0.3 is 0 Å². The molecule has 0 unspecified atom stereocenters. The van der Waals surface area contributed by atoms with Crippen LogP contribution in [0.3, 0.4) is 0 Å². The number of H-pyrrole nitrogens is 1. The fourth-order valence-corrected chi connectivity index (χ4v) is 2.96. The minimum atomic E-state index is -0.242. The van der Waals surface area contributed by atoms with Crippen LogP contribution in [-0.2, 0) is 13.1 Å². The summed E-state index contributed by atoms with van der Waals surface area (Å²) in [5.74, 6) is 2.21. The first kappa shape index (κ1) is 16.1. The zero-order valence-electron chi connectivity index (χ0n) is 14.6. The summed E-state index contributed by atoms with van der Waals surface area (Å²) in [5.41, 5.74) is 3.20. The molecular formula is C19H19N5O2. The monoisotopic (exact) mass is 349 g/mol. The maximum Gasteiger partial charge on any atom is 0.272 e. The Labute approximate surface area is 150 Å². The Balaban J connectivity index is 1.47. The molecule has 0 radical (unpaired) electrons. The number of benzene rings is 1. The zero-order valence-corrected chi connectivity index (χ0v) is 14.6. The van der Waals surface area contributed by atoms with Crippen LogP contribution < -0.4 is 5.32 Å². The van der Waals surface area contributed by atoms with Crippen molar-refractivity contribution in [2.24, 2.45) is 0 Å². The first-order valence-corrected chi connectivity index (χ1v) is 8.40. The van der Waals surface area contributed by atoms with Crippen molar-refractivity contribution in [1.29, 1.82) is 0 Å². The van der Waals surface area contributed by atoms with Crippen molar-refractivity contribution in [2.75, 3.05) is 0 Å². The van der Waals surface area contributed by atoms with Gasteiger partial charge in [0.1, 0.15) is 23.0 Å². The van der Waals surface area contributed by atoms with E-state index in [1.54, 1.807) is 6.07 Å². The average Bonchev–Trinajstić information content (AvgIpc) is 3.33. The number of nitrogens with one attached hydrogen (secondary N) is 2. The standard InChI is InChI=1S/C19H19N5O2/c1-12-7-8-15(26-12)10-20-19(25)17-9-14(22-23-17)11-24-13(2)21-16-5-3-4-6-18(16)24/h3-9H,10-11H2,1-2H3,(H,20,25)(H,22,23). The first-order valence-electron chi connectivity index (χ1n) is 8.40. The number of rotatable bonds is 5. The van der Waals surface area contributed by atoms with Crippen LogP contribution >= 0.6 is 0 Å². The Morgan fingerprint density at radius 1 is 1.23 bits per heavy atom. The van der Waals surface area contributed by atoms with Gasteiger partial charge in [0.2, 0.25) is 0 Å². The number of carbonyl (C=O) groups is 1. The number of aromatic amines is 1. The van der Waals surface area contributed by atoms with Crippen LogP contribution in [0.1, 0.15) is 33.5 Å². The van der Waals surface area contributed by atoms with Gasteiger partial charge in [0, 0.05) is 0 Å². The number of hydrogen-bond acceptors (Lipinski definition) is 4. The summed E-state index contributed by atoms with van der Waals surface area (Å²) in [6, 6.07) is 13.5. The number of aromatic nitrogens is 4. The molecule has 4 rings (SSSR count). The summed E-state index contributed by atoms with van der Waals surface area (Å²) in [4.78, 5) is 16.8. The van der Waals surface area contributed by atoms with Crippen LogP contribution in [0.2, 0.25) is 0 Å². The molecule has 1 aromatic carbocycles. The predicted molar refractivity (Wildman–Crippen MR) is 96.8 cm³/mol. The number of aryl methyl sites for hydroxylation is 2. The first-order chi connectivity index (χ1) is 12.6. The summed E-state index contributed by atoms with van der Waals surface area (Å²) in [6.07, 6.45) is 0. The third-order valence-corrected chi connectivity index (χ3v) is 4.26. The third-order valence-electron chi connectivity index (χ3n) is 4.26. The highest BCUT2D eigenvalue weighted by Crippen LogP contribution is 2.17. The minimum absolute atomic E-state index is 0.242. The lowest BCUT2D eigenvalue weighted by Crippen LogP contribution is -2.22. The van der Waals surface area contributed by atoms with Crippen molar-refractivity contribution in [3.05, 3.63) is 71.2 Å². The van der Waals surface area contributed by atoms with Crippen LogP contribution in [0, 0.1) is 13.8 Å². The van der Waals surface area contributed by atoms with Gasteiger partial charge in [0.15, 0.2) is 0 Å². The van der Waals surface area contributed by atoms with Crippen molar-refractivity contribution in [3.8, 4) is 0 Å². The molecule has 3 heterocycles. The lowest BCUT2D eigenvalue weighted by atomic mass is 10.3. The van der Waals surface area contributed by atoms with E-state index < -0.39 is 0 Å². The second-order valence-corrected chi connectivity index (χ2v) is 6.21. The van der Waals surface area contributed by atoms with Crippen LogP contribution in [0.5, 0.6) is 0 Å². The molecule has 0 saturated heterocycles. The number of fused-ring (bicyclic) bond motifs is 1. The van der Waals surface area contributed by atoms with Crippen molar-refractivity contribution >= 4 is 16.9 Å². The normalized spacial score (nSPS) is 11.2. The van der Waals surface area contributed by atoms with Gasteiger partial charge in [0.25, 0.3) is 5.91 Å². The number of nitrogens with zero attached hydrogens (tertiary/aromatic N) is 3. The Morgan fingerprint density at radius 2 is 2.08 bits per heavy atom. The van der Waals surface area contributed by atoms with E-state index in [1.165, 1.54) is 0 Å². The van der Waals surface area contributed by atoms with E-state index in [9.17, 15) is 4.79 Å². The molecule has 7 heteroatoms. The quantitative estimate of drug-likeness (QED) is 0.580. The number of amides is 1. The Kier molecular flexibility index (Phi) is 4.04. The number of para-hydroxylation sites is 2. The van der Waals surface area contributed by atoms with Gasteiger partial charge in [-0.15, -0.1) is 0 Å². The fraction of sp³-hybridized carbons (Fsp3) is 0.211. The molecule has 0 aliphatic heterocycles. The van der Waals surface area contributed by atoms with Gasteiger partial charge in [0.05, 0.1) is 29.8 Å². The van der Waals surface area contributed by atoms with E-state index in [0.717, 1.165) is 28.3 Å². The predicted octanol–water partition coefficient (Wildman–Crippen LogP) is 2.95. The molecule has 3 aromatic heterocycles. The van der Waals surface area contributed by atoms with E-state index in [0.29, 0.717) is 24.5 Å². The number of furan rings is 1. The second-order valence-electron chi connectivity index (χ2n) is 6.21. The summed E-state index contributed by atoms with van der Waals surface area (Å²) in [6.45, 7) is 4.74. The van der Waals surface area contributed by atoms with E-state index in [-0.39, 0.29) is 5.91 Å². The Bertz CT molecular complexity index is 1070. The number of carbonyl (C=O) groups excluding carboxylic acids is 1. The fourth-order valence-electron chi connectivity index (χ4n) is 2.96. The minimum Gasteiger partial charge on any atom is -0.465 e. The third kappa shape index (κ3) is 3.11. The van der Waals surface area contributed by atoms with E-state index in [2.05, 4.69) is 25.1 Å². The van der Waals surface area contributed by atoms with Crippen LogP contribution in [0.15, 0.2) is 46.9 Å². The molecular weight excluding hydrogens is 330 g/mol. The van der Waals surface area contributed by atoms with Gasteiger partial charge < -0.3 is 14.3 Å². The van der Waals surface area contributed by atoms with Crippen LogP contribution in [0.4, 0.5) is 0 Å². The van der Waals surface area contributed by atoms with Gasteiger partial charge in [-0.2, -0.15) is 5.10 Å². The van der Waals surface area contributed by atoms with Crippen molar-refractivity contribution in [2.45, 2.75) is 26.9 Å². The second kappa shape index (κ2) is 6.51. The van der Waals surface area contributed by atoms with Gasteiger partial charge in [-0.25, -0.2) is 4.98 Å². The molecule has 0 saturated carbocycles. The van der Waals surface area contributed by atoms with Gasteiger partial charge in [-0.1, -0.05) is 12.1 Å². The lowest BCUT2D eigenvalue weighted by molar-refractivity contribution is 0.0943. The van der Waals surface area contributed by atoms with Crippen molar-refractivity contribution in [3.63, 3.8) is 0 Å². The summed E-state index contributed by atoms with van der Waals surface area (Å²) in [5, 5.41) is 9.87. The van der Waals surface area contributed by atoms with E-state index >= 15 is 0 Å². The maximum absolute atomic E-state index is 12.3. The molecule has 0 aliphatic carbocycles. The smallest absolute Gasteiger partial charge is 0.272 e. The van der Waals surface area contributed by atoms with Crippen molar-refractivity contribution < 1.29 is 9.21 Å². The highest BCUT2D eigenvalue weighted by molar-refractivity contribution is 5.92. The Hall–Kier alpha value is -3.35. The average molecular weight is 349 g/mol. The van der Waals surface area contributed by atoms with Gasteiger partial charge in [-0.3, -0.25) is 9.89 Å². The summed E-state index contributed by atoms with van der Waals surface area (Å²) in [7, 11) is 0. The largest absolute Gasteiger partial charge is 0.465 e. The molecule has 1 amide bonds. The van der Waals surface area contributed by atoms with Crippen LogP contribution in [-0.4, -0.2) is 25.7 Å². The molecule has 0 fully saturated rings. The molecule has 0 aliphatic rings. The SMILES string of the molecule is Cc1ccc(CNC(=O)c2cc(Cn3c(C)nc4ccccc43)[nH]n2)o1. The van der Waals surface area contributed by atoms with Crippen LogP contribution in [0.25, 0.3) is 11.0 Å². The summed E-state index contributed by atoms with van der Waals surface area (Å²) < 4.78 is 7.54. The lowest BCUT2D eigenvalue weighted by Gasteiger charge is -2.04. The maximum atomic E-state index is 12.3. The van der Waals surface area contributed by atoms with E-state index in [4.69, 9.17) is 4.42 Å². The topological polar surface area (TPSA) is 88.7 Å². The summed E-state index contributed by atoms with van der Waals surface area (Å²) >= 11 is 0. The molecule has 0 spiro atoms. The van der Waals surface area contributed by atoms with Gasteiger partial charge in [-0.05, 0) is 44.2 Å².